The number of furan rings is 1. The Kier molecular flexibility index (Phi) is 4.02. The van der Waals surface area contributed by atoms with Crippen LogP contribution < -0.4 is 5.76 Å². The molecule has 1 atom stereocenters. The van der Waals surface area contributed by atoms with E-state index in [4.69, 9.17) is 8.83 Å². The maximum atomic E-state index is 13.0. The van der Waals surface area contributed by atoms with Crippen LogP contribution in [0.4, 0.5) is 13.2 Å². The zero-order chi connectivity index (χ0) is 17.3. The second-order valence-corrected chi connectivity index (χ2v) is 4.93. The largest absolute Gasteiger partial charge is 0.459 e. The third-order valence-electron chi connectivity index (χ3n) is 3.31. The fourth-order valence-electron chi connectivity index (χ4n) is 2.23. The van der Waals surface area contributed by atoms with Gasteiger partial charge in [0.2, 0.25) is 0 Å². The molecule has 3 rings (SSSR count). The van der Waals surface area contributed by atoms with E-state index >= 15 is 0 Å². The van der Waals surface area contributed by atoms with E-state index in [-0.39, 0.29) is 17.2 Å². The van der Waals surface area contributed by atoms with E-state index in [1.165, 1.54) is 24.5 Å². The molecule has 1 N–H and O–H groups in total. The number of hydrogen-bond donors (Lipinski definition) is 1. The third kappa shape index (κ3) is 3.11. The lowest BCUT2D eigenvalue weighted by Gasteiger charge is -2.16. The molecule has 0 saturated heterocycles. The predicted octanol–water partition coefficient (Wildman–Crippen LogP) is 2.85. The maximum Gasteiger partial charge on any atom is 0.437 e. The fourth-order valence-corrected chi connectivity index (χ4v) is 2.23. The Morgan fingerprint density at radius 2 is 1.96 bits per heavy atom. The SMILES string of the molecule is O=c1oc(-c2ccco2)nn1C[C@@H](O)c1ccccc1C(F)(F)F. The van der Waals surface area contributed by atoms with Crippen LogP contribution in [0.25, 0.3) is 11.7 Å². The number of nitrogens with zero attached hydrogens (tertiary/aromatic N) is 2. The Labute approximate surface area is 132 Å². The Hall–Kier alpha value is -2.81. The van der Waals surface area contributed by atoms with Crippen LogP contribution in [0.2, 0.25) is 0 Å². The normalized spacial score (nSPS) is 13.2. The second kappa shape index (κ2) is 6.00. The van der Waals surface area contributed by atoms with E-state index in [0.29, 0.717) is 0 Å². The van der Waals surface area contributed by atoms with Crippen molar-refractivity contribution >= 4 is 0 Å². The van der Waals surface area contributed by atoms with Crippen LogP contribution in [0, 0.1) is 0 Å². The van der Waals surface area contributed by atoms with Crippen molar-refractivity contribution in [2.75, 3.05) is 0 Å². The van der Waals surface area contributed by atoms with E-state index in [0.717, 1.165) is 16.8 Å². The van der Waals surface area contributed by atoms with Gasteiger partial charge in [-0.2, -0.15) is 17.9 Å². The van der Waals surface area contributed by atoms with Gasteiger partial charge in [0, 0.05) is 0 Å². The monoisotopic (exact) mass is 340 g/mol. The van der Waals surface area contributed by atoms with Crippen molar-refractivity contribution in [3.63, 3.8) is 0 Å². The molecule has 6 nitrogen and oxygen atoms in total. The smallest absolute Gasteiger partial charge is 0.437 e. The molecule has 0 spiro atoms. The van der Waals surface area contributed by atoms with Gasteiger partial charge in [-0.1, -0.05) is 18.2 Å². The molecule has 1 aromatic carbocycles. The van der Waals surface area contributed by atoms with E-state index in [9.17, 15) is 23.1 Å². The summed E-state index contributed by atoms with van der Waals surface area (Å²) in [6.07, 6.45) is -4.86. The molecule has 9 heteroatoms. The van der Waals surface area contributed by atoms with Crippen LogP contribution in [0.5, 0.6) is 0 Å². The van der Waals surface area contributed by atoms with Crippen LogP contribution in [0.15, 0.2) is 56.3 Å². The Bertz CT molecular complexity index is 881. The van der Waals surface area contributed by atoms with E-state index in [2.05, 4.69) is 5.10 Å². The molecule has 0 aliphatic heterocycles. The Balaban J connectivity index is 1.89. The average molecular weight is 340 g/mol. The highest BCUT2D eigenvalue weighted by molar-refractivity contribution is 5.42. The standard InChI is InChI=1S/C15H11F3N2O4/c16-15(17,18)10-5-2-1-4-9(10)11(21)8-20-14(22)24-13(19-20)12-6-3-7-23-12/h1-7,11,21H,8H2/t11-/m1/s1. The van der Waals surface area contributed by atoms with E-state index in [1.807, 2.05) is 0 Å². The van der Waals surface area contributed by atoms with Crippen molar-refractivity contribution in [3.05, 3.63) is 64.3 Å². The topological polar surface area (TPSA) is 81.4 Å². The minimum atomic E-state index is -4.62. The van der Waals surface area contributed by atoms with Crippen molar-refractivity contribution in [1.29, 1.82) is 0 Å². The average Bonchev–Trinajstić information content (AvgIpc) is 3.17. The summed E-state index contributed by atoms with van der Waals surface area (Å²) in [5, 5.41) is 13.9. The summed E-state index contributed by atoms with van der Waals surface area (Å²) in [5.74, 6) is -0.845. The summed E-state index contributed by atoms with van der Waals surface area (Å²) in [6.45, 7) is -0.490. The lowest BCUT2D eigenvalue weighted by Crippen LogP contribution is -2.22. The number of benzene rings is 1. The van der Waals surface area contributed by atoms with Gasteiger partial charge in [0.15, 0.2) is 5.76 Å². The Morgan fingerprint density at radius 1 is 1.21 bits per heavy atom. The van der Waals surface area contributed by atoms with Crippen molar-refractivity contribution in [2.45, 2.75) is 18.8 Å². The minimum absolute atomic E-state index is 0.124. The predicted molar refractivity (Wildman–Crippen MR) is 74.9 cm³/mol. The van der Waals surface area contributed by atoms with Gasteiger partial charge in [-0.3, -0.25) is 0 Å². The number of aliphatic hydroxyl groups excluding tert-OH is 1. The lowest BCUT2D eigenvalue weighted by molar-refractivity contribution is -0.139. The lowest BCUT2D eigenvalue weighted by atomic mass is 10.0. The summed E-state index contributed by atoms with van der Waals surface area (Å²) < 4.78 is 49.6. The molecule has 2 aromatic heterocycles. The van der Waals surface area contributed by atoms with Crippen LogP contribution >= 0.6 is 0 Å². The van der Waals surface area contributed by atoms with Gasteiger partial charge in [0.1, 0.15) is 0 Å². The highest BCUT2D eigenvalue weighted by Gasteiger charge is 2.34. The summed E-state index contributed by atoms with van der Waals surface area (Å²) in [4.78, 5) is 11.7. The van der Waals surface area contributed by atoms with Gasteiger partial charge in [-0.15, -0.1) is 5.10 Å². The zero-order valence-corrected chi connectivity index (χ0v) is 12.0. The molecule has 0 bridgehead atoms. The molecular formula is C15H11F3N2O4. The first kappa shape index (κ1) is 16.1. The van der Waals surface area contributed by atoms with Crippen LogP contribution in [0.1, 0.15) is 17.2 Å². The molecular weight excluding hydrogens is 329 g/mol. The molecule has 126 valence electrons. The fraction of sp³-hybridized carbons (Fsp3) is 0.200. The number of alkyl halides is 3. The van der Waals surface area contributed by atoms with Crippen LogP contribution in [0.3, 0.4) is 0 Å². The maximum absolute atomic E-state index is 13.0. The molecule has 0 aliphatic carbocycles. The Morgan fingerprint density at radius 3 is 2.62 bits per heavy atom. The van der Waals surface area contributed by atoms with Crippen molar-refractivity contribution in [2.24, 2.45) is 0 Å². The number of rotatable bonds is 4. The van der Waals surface area contributed by atoms with E-state index < -0.39 is 30.1 Å². The number of aromatic nitrogens is 2. The van der Waals surface area contributed by atoms with Gasteiger partial charge in [0.25, 0.3) is 5.89 Å². The summed E-state index contributed by atoms with van der Waals surface area (Å²) in [6, 6.07) is 7.65. The van der Waals surface area contributed by atoms with Crippen molar-refractivity contribution < 1.29 is 27.1 Å². The van der Waals surface area contributed by atoms with Crippen LogP contribution in [-0.4, -0.2) is 14.9 Å². The van der Waals surface area contributed by atoms with E-state index in [1.54, 1.807) is 6.07 Å². The van der Waals surface area contributed by atoms with Gasteiger partial charge in [0.05, 0.1) is 24.5 Å². The summed E-state index contributed by atoms with van der Waals surface area (Å²) in [5.41, 5.74) is -1.32. The molecule has 0 aliphatic rings. The van der Waals surface area contributed by atoms with Crippen molar-refractivity contribution in [3.8, 4) is 11.7 Å². The quantitative estimate of drug-likeness (QED) is 0.790. The molecule has 0 amide bonds. The zero-order valence-electron chi connectivity index (χ0n) is 12.0. The number of halogens is 3. The molecule has 3 aromatic rings. The third-order valence-corrected chi connectivity index (χ3v) is 3.31. The second-order valence-electron chi connectivity index (χ2n) is 4.93. The van der Waals surface area contributed by atoms with Crippen molar-refractivity contribution in [1.82, 2.24) is 9.78 Å². The highest BCUT2D eigenvalue weighted by Crippen LogP contribution is 2.34. The van der Waals surface area contributed by atoms with Gasteiger partial charge in [-0.25, -0.2) is 4.79 Å². The number of aliphatic hydroxyl groups is 1. The molecule has 0 radical (unpaired) electrons. The molecule has 24 heavy (non-hydrogen) atoms. The minimum Gasteiger partial charge on any atom is -0.459 e. The van der Waals surface area contributed by atoms with Gasteiger partial charge < -0.3 is 13.9 Å². The first-order valence-electron chi connectivity index (χ1n) is 6.82. The number of hydrogen-bond acceptors (Lipinski definition) is 5. The molecule has 0 fully saturated rings. The molecule has 2 heterocycles. The summed E-state index contributed by atoms with van der Waals surface area (Å²) >= 11 is 0. The van der Waals surface area contributed by atoms with Crippen LogP contribution in [-0.2, 0) is 12.7 Å². The first-order valence-corrected chi connectivity index (χ1v) is 6.82. The first-order chi connectivity index (χ1) is 11.4. The highest BCUT2D eigenvalue weighted by atomic mass is 19.4. The molecule has 0 saturated carbocycles. The summed E-state index contributed by atoms with van der Waals surface area (Å²) in [7, 11) is 0. The van der Waals surface area contributed by atoms with Gasteiger partial charge >= 0.3 is 11.9 Å². The molecule has 0 unspecified atom stereocenters. The van der Waals surface area contributed by atoms with Gasteiger partial charge in [-0.05, 0) is 23.8 Å².